The lowest BCUT2D eigenvalue weighted by Gasteiger charge is -2.38. The molecule has 0 amide bonds. The molecule has 3 heteroatoms. The first-order valence-corrected chi connectivity index (χ1v) is 8.13. The highest BCUT2D eigenvalue weighted by molar-refractivity contribution is 9.10. The van der Waals surface area contributed by atoms with Gasteiger partial charge in [-0.1, -0.05) is 36.7 Å². The molecular formula is C17H25BrO2. The molecule has 2 nitrogen and oxygen atoms in total. The first-order chi connectivity index (χ1) is 9.39. The van der Waals surface area contributed by atoms with Crippen LogP contribution in [0.2, 0.25) is 0 Å². The zero-order chi connectivity index (χ0) is 14.8. The summed E-state index contributed by atoms with van der Waals surface area (Å²) < 4.78 is 12.6. The van der Waals surface area contributed by atoms with Crippen molar-refractivity contribution in [2.75, 3.05) is 7.11 Å². The van der Waals surface area contributed by atoms with Crippen LogP contribution in [0, 0.1) is 11.3 Å². The Labute approximate surface area is 131 Å². The number of halogens is 1. The minimum atomic E-state index is 0.359. The van der Waals surface area contributed by atoms with Gasteiger partial charge in [-0.05, 0) is 48.8 Å². The van der Waals surface area contributed by atoms with Crippen LogP contribution in [0.3, 0.4) is 0 Å². The Morgan fingerprint density at radius 2 is 2.05 bits per heavy atom. The van der Waals surface area contributed by atoms with E-state index in [0.717, 1.165) is 28.1 Å². The molecular weight excluding hydrogens is 316 g/mol. The lowest BCUT2D eigenvalue weighted by molar-refractivity contribution is -0.0321. The topological polar surface area (TPSA) is 18.5 Å². The molecule has 2 atom stereocenters. The van der Waals surface area contributed by atoms with Crippen LogP contribution in [0.4, 0.5) is 0 Å². The average molecular weight is 341 g/mol. The summed E-state index contributed by atoms with van der Waals surface area (Å²) in [4.78, 5) is 0. The van der Waals surface area contributed by atoms with Crippen LogP contribution in [0.25, 0.3) is 0 Å². The molecule has 1 aromatic rings. The number of rotatable bonds is 4. The fourth-order valence-electron chi connectivity index (χ4n) is 3.45. The van der Waals surface area contributed by atoms with E-state index in [-0.39, 0.29) is 0 Å². The largest absolute Gasteiger partial charge is 0.496 e. The van der Waals surface area contributed by atoms with E-state index in [2.05, 4.69) is 42.8 Å². The van der Waals surface area contributed by atoms with Gasteiger partial charge in [0.1, 0.15) is 5.75 Å². The summed E-state index contributed by atoms with van der Waals surface area (Å²) >= 11 is 3.51. The van der Waals surface area contributed by atoms with Gasteiger partial charge in [-0.2, -0.15) is 0 Å². The quantitative estimate of drug-likeness (QED) is 0.750. The van der Waals surface area contributed by atoms with Crippen molar-refractivity contribution < 1.29 is 9.47 Å². The predicted molar refractivity (Wildman–Crippen MR) is 86.1 cm³/mol. The second-order valence-corrected chi connectivity index (χ2v) is 7.72. The van der Waals surface area contributed by atoms with Gasteiger partial charge in [0.05, 0.1) is 19.8 Å². The summed E-state index contributed by atoms with van der Waals surface area (Å²) in [6.07, 6.45) is 3.97. The van der Waals surface area contributed by atoms with E-state index in [0.29, 0.717) is 18.1 Å². The van der Waals surface area contributed by atoms with E-state index >= 15 is 0 Å². The summed E-state index contributed by atoms with van der Waals surface area (Å²) in [6.45, 7) is 7.64. The lowest BCUT2D eigenvalue weighted by Crippen LogP contribution is -2.32. The van der Waals surface area contributed by atoms with Crippen molar-refractivity contribution in [2.45, 2.75) is 52.7 Å². The molecule has 0 spiro atoms. The third-order valence-corrected chi connectivity index (χ3v) is 4.56. The maximum atomic E-state index is 6.17. The summed E-state index contributed by atoms with van der Waals surface area (Å²) in [5, 5.41) is 0. The van der Waals surface area contributed by atoms with Crippen LogP contribution < -0.4 is 4.74 Å². The van der Waals surface area contributed by atoms with Gasteiger partial charge in [0.15, 0.2) is 0 Å². The lowest BCUT2D eigenvalue weighted by atomic mass is 9.71. The van der Waals surface area contributed by atoms with Gasteiger partial charge >= 0.3 is 0 Å². The monoisotopic (exact) mass is 340 g/mol. The van der Waals surface area contributed by atoms with Crippen LogP contribution in [0.1, 0.15) is 45.6 Å². The molecule has 0 radical (unpaired) electrons. The van der Waals surface area contributed by atoms with Crippen molar-refractivity contribution in [3.8, 4) is 5.75 Å². The molecule has 0 aromatic heterocycles. The van der Waals surface area contributed by atoms with E-state index in [1.54, 1.807) is 7.11 Å². The van der Waals surface area contributed by atoms with Gasteiger partial charge in [0.25, 0.3) is 0 Å². The molecule has 1 aliphatic rings. The minimum absolute atomic E-state index is 0.359. The summed E-state index contributed by atoms with van der Waals surface area (Å²) in [5.41, 5.74) is 1.50. The van der Waals surface area contributed by atoms with Gasteiger partial charge in [0.2, 0.25) is 0 Å². The van der Waals surface area contributed by atoms with Crippen molar-refractivity contribution in [2.24, 2.45) is 11.3 Å². The number of hydrogen-bond donors (Lipinski definition) is 0. The van der Waals surface area contributed by atoms with Crippen LogP contribution in [0.15, 0.2) is 22.7 Å². The van der Waals surface area contributed by atoms with E-state index in [9.17, 15) is 0 Å². The molecule has 0 heterocycles. The van der Waals surface area contributed by atoms with E-state index in [1.807, 2.05) is 12.1 Å². The molecule has 112 valence electrons. The van der Waals surface area contributed by atoms with Crippen molar-refractivity contribution in [1.29, 1.82) is 0 Å². The van der Waals surface area contributed by atoms with Crippen molar-refractivity contribution in [1.82, 2.24) is 0 Å². The first-order valence-electron chi connectivity index (χ1n) is 7.33. The minimum Gasteiger partial charge on any atom is -0.496 e. The molecule has 0 N–H and O–H groups in total. The van der Waals surface area contributed by atoms with Gasteiger partial charge in [-0.3, -0.25) is 0 Å². The molecule has 20 heavy (non-hydrogen) atoms. The number of hydrogen-bond acceptors (Lipinski definition) is 2. The van der Waals surface area contributed by atoms with Gasteiger partial charge < -0.3 is 9.47 Å². The van der Waals surface area contributed by atoms with Crippen molar-refractivity contribution in [3.63, 3.8) is 0 Å². The molecule has 0 bridgehead atoms. The first kappa shape index (κ1) is 15.8. The second-order valence-electron chi connectivity index (χ2n) is 6.80. The highest BCUT2D eigenvalue weighted by Crippen LogP contribution is 2.40. The second kappa shape index (κ2) is 6.48. The maximum absolute atomic E-state index is 6.17. The zero-order valence-electron chi connectivity index (χ0n) is 12.9. The van der Waals surface area contributed by atoms with Crippen LogP contribution in [-0.4, -0.2) is 13.2 Å². The predicted octanol–water partition coefficient (Wildman–Crippen LogP) is 5.19. The van der Waals surface area contributed by atoms with E-state index in [4.69, 9.17) is 9.47 Å². The Hall–Kier alpha value is -0.540. The highest BCUT2D eigenvalue weighted by atomic mass is 79.9. The third kappa shape index (κ3) is 4.23. The molecule has 1 fully saturated rings. The molecule has 1 saturated carbocycles. The Morgan fingerprint density at radius 3 is 2.70 bits per heavy atom. The molecule has 0 aliphatic heterocycles. The Morgan fingerprint density at radius 1 is 1.30 bits per heavy atom. The Kier molecular flexibility index (Phi) is 5.14. The smallest absolute Gasteiger partial charge is 0.124 e. The number of benzene rings is 1. The van der Waals surface area contributed by atoms with Gasteiger partial charge in [0, 0.05) is 10.0 Å². The van der Waals surface area contributed by atoms with Crippen molar-refractivity contribution >= 4 is 15.9 Å². The van der Waals surface area contributed by atoms with E-state index < -0.39 is 0 Å². The molecule has 1 aromatic carbocycles. The fourth-order valence-corrected chi connectivity index (χ4v) is 3.86. The van der Waals surface area contributed by atoms with Crippen LogP contribution >= 0.6 is 15.9 Å². The molecule has 1 aliphatic carbocycles. The number of methoxy groups -OCH3 is 1. The third-order valence-electron chi connectivity index (χ3n) is 4.06. The van der Waals surface area contributed by atoms with Crippen molar-refractivity contribution in [3.05, 3.63) is 28.2 Å². The standard InChI is InChI=1S/C17H25BrO2/c1-12-7-15(10-17(2,3)9-12)20-11-13-8-14(18)5-6-16(13)19-4/h5-6,8,12,15H,7,9-11H2,1-4H3. The van der Waals surface area contributed by atoms with Gasteiger partial charge in [-0.25, -0.2) is 0 Å². The Balaban J connectivity index is 2.00. The van der Waals surface area contributed by atoms with E-state index in [1.165, 1.54) is 12.8 Å². The fraction of sp³-hybridized carbons (Fsp3) is 0.647. The molecule has 2 rings (SSSR count). The molecule has 2 unspecified atom stereocenters. The molecule has 0 saturated heterocycles. The summed E-state index contributed by atoms with van der Waals surface area (Å²) in [5.74, 6) is 1.64. The average Bonchev–Trinajstić information content (AvgIpc) is 2.34. The summed E-state index contributed by atoms with van der Waals surface area (Å²) in [7, 11) is 1.71. The van der Waals surface area contributed by atoms with Crippen LogP contribution in [-0.2, 0) is 11.3 Å². The van der Waals surface area contributed by atoms with Crippen LogP contribution in [0.5, 0.6) is 5.75 Å². The normalized spacial score (nSPS) is 25.4. The maximum Gasteiger partial charge on any atom is 0.124 e. The summed E-state index contributed by atoms with van der Waals surface area (Å²) in [6, 6.07) is 6.06. The number of ether oxygens (including phenoxy) is 2. The van der Waals surface area contributed by atoms with Gasteiger partial charge in [-0.15, -0.1) is 0 Å². The zero-order valence-corrected chi connectivity index (χ0v) is 14.5. The Bertz CT molecular complexity index is 456. The SMILES string of the molecule is COc1ccc(Br)cc1COC1CC(C)CC(C)(C)C1. The highest BCUT2D eigenvalue weighted by Gasteiger charge is 2.32.